The topological polar surface area (TPSA) is 30.7 Å². The Morgan fingerprint density at radius 1 is 1.09 bits per heavy atom. The smallest absolute Gasteiger partial charge is 0.160 e. The van der Waals surface area contributed by atoms with Gasteiger partial charge in [-0.2, -0.15) is 0 Å². The summed E-state index contributed by atoms with van der Waals surface area (Å²) in [5.41, 5.74) is 3.28. The molecule has 1 aromatic carbocycles. The van der Waals surface area contributed by atoms with E-state index < -0.39 is 0 Å². The van der Waals surface area contributed by atoms with Crippen LogP contribution in [0.2, 0.25) is 5.02 Å². The number of halogens is 1. The molecule has 0 radical (unpaired) electrons. The van der Waals surface area contributed by atoms with E-state index in [-0.39, 0.29) is 5.41 Å². The third-order valence-corrected chi connectivity index (χ3v) is 3.74. The van der Waals surface area contributed by atoms with Crippen molar-refractivity contribution in [2.45, 2.75) is 33.7 Å². The summed E-state index contributed by atoms with van der Waals surface area (Å²) in [6, 6.07) is 11.9. The van der Waals surface area contributed by atoms with E-state index in [1.807, 2.05) is 30.5 Å². The fraction of sp³-hybridized carbons (Fsp3) is 0.333. The molecule has 4 heteroatoms. The first-order valence-electron chi connectivity index (χ1n) is 7.47. The van der Waals surface area contributed by atoms with Gasteiger partial charge in [0.05, 0.1) is 0 Å². The minimum absolute atomic E-state index is 0.167. The van der Waals surface area contributed by atoms with E-state index in [4.69, 9.17) is 16.6 Å². The number of benzene rings is 1. The van der Waals surface area contributed by atoms with Gasteiger partial charge in [-0.1, -0.05) is 44.5 Å². The largest absolute Gasteiger partial charge is 0.312 e. The second-order valence-corrected chi connectivity index (χ2v) is 7.26. The van der Waals surface area contributed by atoms with Gasteiger partial charge in [0, 0.05) is 24.2 Å². The number of hydrogen-bond acceptors (Lipinski definition) is 2. The highest BCUT2D eigenvalue weighted by molar-refractivity contribution is 6.30. The molecule has 0 N–H and O–H groups in total. The monoisotopic (exact) mass is 313 g/mol. The summed E-state index contributed by atoms with van der Waals surface area (Å²) >= 11 is 5.97. The van der Waals surface area contributed by atoms with Gasteiger partial charge >= 0.3 is 0 Å². The lowest BCUT2D eigenvalue weighted by Crippen LogP contribution is -2.18. The van der Waals surface area contributed by atoms with E-state index in [2.05, 4.69) is 42.5 Å². The summed E-state index contributed by atoms with van der Waals surface area (Å²) in [5.74, 6) is 1.05. The molecule has 0 aliphatic rings. The summed E-state index contributed by atoms with van der Waals surface area (Å²) in [4.78, 5) is 9.30. The number of nitrogens with zero attached hydrogens (tertiary/aromatic N) is 3. The number of pyridine rings is 1. The van der Waals surface area contributed by atoms with E-state index in [9.17, 15) is 0 Å². The van der Waals surface area contributed by atoms with Gasteiger partial charge in [0.25, 0.3) is 0 Å². The van der Waals surface area contributed by atoms with Crippen molar-refractivity contribution in [1.29, 1.82) is 0 Å². The summed E-state index contributed by atoms with van der Waals surface area (Å²) in [6.45, 7) is 7.58. The van der Waals surface area contributed by atoms with E-state index in [1.54, 1.807) is 0 Å². The maximum absolute atomic E-state index is 5.97. The zero-order valence-corrected chi connectivity index (χ0v) is 13.9. The molecule has 114 valence electrons. The average Bonchev–Trinajstić information content (AvgIpc) is 2.78. The van der Waals surface area contributed by atoms with Crippen molar-refractivity contribution in [3.8, 4) is 0 Å². The third kappa shape index (κ3) is 3.30. The maximum Gasteiger partial charge on any atom is 0.160 e. The molecule has 22 heavy (non-hydrogen) atoms. The van der Waals surface area contributed by atoms with Crippen LogP contribution in [0.4, 0.5) is 0 Å². The van der Waals surface area contributed by atoms with Crippen molar-refractivity contribution in [3.63, 3.8) is 0 Å². The van der Waals surface area contributed by atoms with E-state index in [1.165, 1.54) is 5.56 Å². The van der Waals surface area contributed by atoms with Crippen molar-refractivity contribution in [1.82, 2.24) is 14.5 Å². The lowest BCUT2D eigenvalue weighted by molar-refractivity contribution is 0.343. The van der Waals surface area contributed by atoms with Crippen LogP contribution in [0.25, 0.3) is 11.2 Å². The predicted octanol–water partition coefficient (Wildman–Crippen LogP) is 4.72. The Morgan fingerprint density at radius 2 is 1.82 bits per heavy atom. The number of hydrogen-bond donors (Lipinski definition) is 0. The van der Waals surface area contributed by atoms with Crippen molar-refractivity contribution in [2.75, 3.05) is 0 Å². The Morgan fingerprint density at radius 3 is 2.50 bits per heavy atom. The first-order valence-corrected chi connectivity index (χ1v) is 7.85. The van der Waals surface area contributed by atoms with Gasteiger partial charge in [-0.3, -0.25) is 0 Å². The SMILES string of the molecule is CC(C)(C)Cn1c(Cc2ccc(Cl)cc2)nc2cccnc21. The molecule has 3 nitrogen and oxygen atoms in total. The molecular formula is C18H20ClN3. The van der Waals surface area contributed by atoms with Crippen molar-refractivity contribution in [2.24, 2.45) is 5.41 Å². The van der Waals surface area contributed by atoms with E-state index >= 15 is 0 Å². The first-order chi connectivity index (χ1) is 10.4. The second-order valence-electron chi connectivity index (χ2n) is 6.82. The molecule has 0 atom stereocenters. The molecule has 2 heterocycles. The number of rotatable bonds is 3. The fourth-order valence-corrected chi connectivity index (χ4v) is 2.69. The molecular weight excluding hydrogens is 294 g/mol. The summed E-state index contributed by atoms with van der Waals surface area (Å²) in [5, 5.41) is 0.758. The van der Waals surface area contributed by atoms with Crippen molar-refractivity contribution >= 4 is 22.8 Å². The quantitative estimate of drug-likeness (QED) is 0.700. The second kappa shape index (κ2) is 5.73. The molecule has 0 bridgehead atoms. The van der Waals surface area contributed by atoms with Crippen LogP contribution in [0.1, 0.15) is 32.2 Å². The van der Waals surface area contributed by atoms with Crippen molar-refractivity contribution in [3.05, 3.63) is 59.0 Å². The summed E-state index contributed by atoms with van der Waals surface area (Å²) in [7, 11) is 0. The van der Waals surface area contributed by atoms with Gasteiger partial charge in [0.2, 0.25) is 0 Å². The van der Waals surface area contributed by atoms with Crippen LogP contribution in [0.3, 0.4) is 0 Å². The van der Waals surface area contributed by atoms with Crippen LogP contribution in [0, 0.1) is 5.41 Å². The van der Waals surface area contributed by atoms with Crippen LogP contribution in [0.15, 0.2) is 42.6 Å². The van der Waals surface area contributed by atoms with Gasteiger partial charge in [-0.25, -0.2) is 9.97 Å². The van der Waals surface area contributed by atoms with Crippen LogP contribution in [0.5, 0.6) is 0 Å². The summed E-state index contributed by atoms with van der Waals surface area (Å²) in [6.07, 6.45) is 2.61. The number of aromatic nitrogens is 3. The Kier molecular flexibility index (Phi) is 3.92. The van der Waals surface area contributed by atoms with Crippen LogP contribution >= 0.6 is 11.6 Å². The molecule has 0 saturated heterocycles. The predicted molar refractivity (Wildman–Crippen MR) is 91.2 cm³/mol. The average molecular weight is 314 g/mol. The van der Waals surface area contributed by atoms with Gasteiger partial charge in [-0.05, 0) is 35.2 Å². The molecule has 0 aliphatic heterocycles. The highest BCUT2D eigenvalue weighted by Crippen LogP contribution is 2.23. The standard InChI is InChI=1S/C18H20ClN3/c1-18(2,3)12-22-16(11-13-6-8-14(19)9-7-13)21-15-5-4-10-20-17(15)22/h4-10H,11-12H2,1-3H3. The molecule has 0 amide bonds. The maximum atomic E-state index is 5.97. The lowest BCUT2D eigenvalue weighted by Gasteiger charge is -2.21. The zero-order chi connectivity index (χ0) is 15.7. The van der Waals surface area contributed by atoms with Crippen LogP contribution < -0.4 is 0 Å². The van der Waals surface area contributed by atoms with Crippen LogP contribution in [-0.2, 0) is 13.0 Å². The van der Waals surface area contributed by atoms with E-state index in [0.29, 0.717) is 0 Å². The normalized spacial score (nSPS) is 12.0. The highest BCUT2D eigenvalue weighted by Gasteiger charge is 2.18. The van der Waals surface area contributed by atoms with Gasteiger partial charge in [-0.15, -0.1) is 0 Å². The molecule has 3 aromatic rings. The number of imidazole rings is 1. The molecule has 0 aliphatic carbocycles. The molecule has 0 unspecified atom stereocenters. The third-order valence-electron chi connectivity index (χ3n) is 3.49. The molecule has 2 aromatic heterocycles. The Hall–Kier alpha value is -1.87. The minimum Gasteiger partial charge on any atom is -0.312 e. The first kappa shape index (κ1) is 15.0. The molecule has 0 saturated carbocycles. The Balaban J connectivity index is 2.03. The Labute approximate surface area is 136 Å². The molecule has 3 rings (SSSR count). The fourth-order valence-electron chi connectivity index (χ4n) is 2.57. The van der Waals surface area contributed by atoms with E-state index in [0.717, 1.165) is 35.0 Å². The Bertz CT molecular complexity index is 782. The zero-order valence-electron chi connectivity index (χ0n) is 13.2. The van der Waals surface area contributed by atoms with Gasteiger partial charge < -0.3 is 4.57 Å². The summed E-state index contributed by atoms with van der Waals surface area (Å²) < 4.78 is 2.24. The molecule has 0 fully saturated rings. The number of fused-ring (bicyclic) bond motifs is 1. The lowest BCUT2D eigenvalue weighted by atomic mass is 9.96. The molecule has 0 spiro atoms. The van der Waals surface area contributed by atoms with Crippen molar-refractivity contribution < 1.29 is 0 Å². The van der Waals surface area contributed by atoms with Gasteiger partial charge in [0.15, 0.2) is 5.65 Å². The van der Waals surface area contributed by atoms with Crippen LogP contribution in [-0.4, -0.2) is 14.5 Å². The highest BCUT2D eigenvalue weighted by atomic mass is 35.5. The van der Waals surface area contributed by atoms with Gasteiger partial charge in [0.1, 0.15) is 11.3 Å². The minimum atomic E-state index is 0.167.